The molecule has 1 fully saturated rings. The van der Waals surface area contributed by atoms with Crippen LogP contribution in [-0.4, -0.2) is 41.3 Å². The van der Waals surface area contributed by atoms with Crippen LogP contribution in [-0.2, 0) is 0 Å². The van der Waals surface area contributed by atoms with Gasteiger partial charge in [-0.1, -0.05) is 6.08 Å². The Morgan fingerprint density at radius 3 is 2.82 bits per heavy atom. The number of nitrogens with one attached hydrogen (secondary N) is 3. The van der Waals surface area contributed by atoms with Gasteiger partial charge in [0.05, 0.1) is 12.1 Å². The molecule has 6 nitrogen and oxygen atoms in total. The van der Waals surface area contributed by atoms with E-state index in [1.165, 1.54) is 0 Å². The van der Waals surface area contributed by atoms with Crippen molar-refractivity contribution < 1.29 is 8.78 Å². The Bertz CT molecular complexity index is 905. The fourth-order valence-electron chi connectivity index (χ4n) is 3.81. The number of pyridine rings is 1. The molecular weight excluding hydrogens is 362 g/mol. The molecule has 148 valence electrons. The summed E-state index contributed by atoms with van der Waals surface area (Å²) in [6.45, 7) is 2.06. The molecule has 8 heteroatoms. The third-order valence-corrected chi connectivity index (χ3v) is 5.33. The maximum absolute atomic E-state index is 13.1. The number of anilines is 2. The Kier molecular flexibility index (Phi) is 4.99. The number of nitrogens with two attached hydrogens (primary N) is 1. The SMILES string of the molecule is CC(Nc1ccc2c(NC3CC(F)(F)C3)nccc2c1)C1N=CC=CC1NN. The van der Waals surface area contributed by atoms with Gasteiger partial charge in [-0.3, -0.25) is 16.3 Å². The van der Waals surface area contributed by atoms with Crippen molar-refractivity contribution in [2.75, 3.05) is 10.6 Å². The van der Waals surface area contributed by atoms with Crippen LogP contribution in [0.1, 0.15) is 19.8 Å². The molecule has 0 bridgehead atoms. The second-order valence-corrected chi connectivity index (χ2v) is 7.50. The van der Waals surface area contributed by atoms with Crippen molar-refractivity contribution in [3.63, 3.8) is 0 Å². The highest BCUT2D eigenvalue weighted by atomic mass is 19.3. The summed E-state index contributed by atoms with van der Waals surface area (Å²) in [6, 6.07) is 7.63. The molecule has 1 saturated carbocycles. The highest BCUT2D eigenvalue weighted by Crippen LogP contribution is 2.39. The average molecular weight is 386 g/mol. The molecule has 1 aliphatic carbocycles. The van der Waals surface area contributed by atoms with Gasteiger partial charge in [0.1, 0.15) is 5.82 Å². The van der Waals surface area contributed by atoms with E-state index >= 15 is 0 Å². The summed E-state index contributed by atoms with van der Waals surface area (Å²) in [5.41, 5.74) is 3.73. The van der Waals surface area contributed by atoms with Crippen LogP contribution < -0.4 is 21.9 Å². The van der Waals surface area contributed by atoms with Crippen molar-refractivity contribution >= 4 is 28.5 Å². The molecule has 3 atom stereocenters. The summed E-state index contributed by atoms with van der Waals surface area (Å²) < 4.78 is 26.2. The lowest BCUT2D eigenvalue weighted by atomic mass is 9.88. The topological polar surface area (TPSA) is 87.4 Å². The number of aromatic nitrogens is 1. The Balaban J connectivity index is 1.49. The fraction of sp³-hybridized carbons (Fsp3) is 0.400. The van der Waals surface area contributed by atoms with Gasteiger partial charge in [0.15, 0.2) is 0 Å². The van der Waals surface area contributed by atoms with E-state index in [0.717, 1.165) is 16.5 Å². The van der Waals surface area contributed by atoms with Gasteiger partial charge in [0.2, 0.25) is 0 Å². The van der Waals surface area contributed by atoms with E-state index in [1.54, 1.807) is 12.4 Å². The van der Waals surface area contributed by atoms with Crippen LogP contribution in [0.5, 0.6) is 0 Å². The zero-order valence-electron chi connectivity index (χ0n) is 15.6. The van der Waals surface area contributed by atoms with Crippen LogP contribution in [0.4, 0.5) is 20.3 Å². The monoisotopic (exact) mass is 386 g/mol. The van der Waals surface area contributed by atoms with Crippen molar-refractivity contribution in [3.05, 3.63) is 42.6 Å². The molecule has 1 aromatic heterocycles. The lowest BCUT2D eigenvalue weighted by molar-refractivity contribution is -0.0793. The Morgan fingerprint density at radius 2 is 2.07 bits per heavy atom. The molecule has 0 spiro atoms. The first-order chi connectivity index (χ1) is 13.4. The first kappa shape index (κ1) is 18.8. The van der Waals surface area contributed by atoms with Gasteiger partial charge < -0.3 is 10.6 Å². The van der Waals surface area contributed by atoms with Gasteiger partial charge in [0, 0.05) is 48.4 Å². The number of nitrogens with zero attached hydrogens (tertiary/aromatic N) is 2. The first-order valence-corrected chi connectivity index (χ1v) is 9.41. The Hall–Kier alpha value is -2.58. The van der Waals surface area contributed by atoms with Crippen LogP contribution in [0.25, 0.3) is 10.8 Å². The minimum Gasteiger partial charge on any atom is -0.380 e. The number of hydrogen-bond acceptors (Lipinski definition) is 6. The number of dihydropyridines is 1. The van der Waals surface area contributed by atoms with E-state index in [-0.39, 0.29) is 37.0 Å². The van der Waals surface area contributed by atoms with Crippen molar-refractivity contribution in [3.8, 4) is 0 Å². The minimum atomic E-state index is -2.55. The smallest absolute Gasteiger partial charge is 0.252 e. The van der Waals surface area contributed by atoms with Crippen molar-refractivity contribution in [2.24, 2.45) is 10.8 Å². The number of alkyl halides is 2. The predicted molar refractivity (Wildman–Crippen MR) is 109 cm³/mol. The van der Waals surface area contributed by atoms with Crippen LogP contribution in [0.3, 0.4) is 0 Å². The number of halogens is 2. The molecular formula is C20H24F2N6. The van der Waals surface area contributed by atoms with Gasteiger partial charge in [-0.2, -0.15) is 0 Å². The van der Waals surface area contributed by atoms with Crippen molar-refractivity contribution in [1.29, 1.82) is 0 Å². The molecule has 2 aromatic rings. The van der Waals surface area contributed by atoms with Crippen LogP contribution in [0.15, 0.2) is 47.6 Å². The molecule has 5 N–H and O–H groups in total. The average Bonchev–Trinajstić information content (AvgIpc) is 2.66. The number of hydrogen-bond donors (Lipinski definition) is 4. The van der Waals surface area contributed by atoms with E-state index < -0.39 is 5.92 Å². The number of benzene rings is 1. The number of rotatable bonds is 6. The van der Waals surface area contributed by atoms with Gasteiger partial charge in [0.25, 0.3) is 5.92 Å². The zero-order valence-corrected chi connectivity index (χ0v) is 15.6. The minimum absolute atomic E-state index is 0.0272. The summed E-state index contributed by atoms with van der Waals surface area (Å²) in [5, 5.41) is 8.52. The Labute approximate surface area is 162 Å². The summed E-state index contributed by atoms with van der Waals surface area (Å²) in [7, 11) is 0. The Morgan fingerprint density at radius 1 is 1.25 bits per heavy atom. The predicted octanol–water partition coefficient (Wildman–Crippen LogP) is 3.09. The molecule has 1 aromatic carbocycles. The number of allylic oxidation sites excluding steroid dienone is 1. The fourth-order valence-corrected chi connectivity index (χ4v) is 3.81. The van der Waals surface area contributed by atoms with Gasteiger partial charge in [-0.15, -0.1) is 0 Å². The van der Waals surface area contributed by atoms with Crippen LogP contribution in [0.2, 0.25) is 0 Å². The normalized spacial score (nSPS) is 24.7. The number of hydrazine groups is 1. The molecule has 4 rings (SSSR count). The first-order valence-electron chi connectivity index (χ1n) is 9.41. The lowest BCUT2D eigenvalue weighted by Crippen LogP contribution is -2.49. The molecule has 0 radical (unpaired) electrons. The quantitative estimate of drug-likeness (QED) is 0.453. The van der Waals surface area contributed by atoms with Crippen LogP contribution >= 0.6 is 0 Å². The maximum atomic E-state index is 13.1. The van der Waals surface area contributed by atoms with E-state index in [9.17, 15) is 8.78 Å². The summed E-state index contributed by atoms with van der Waals surface area (Å²) in [5.74, 6) is 3.72. The summed E-state index contributed by atoms with van der Waals surface area (Å²) >= 11 is 0. The largest absolute Gasteiger partial charge is 0.380 e. The van der Waals surface area contributed by atoms with E-state index in [4.69, 9.17) is 5.84 Å². The van der Waals surface area contributed by atoms with E-state index in [2.05, 4.69) is 33.0 Å². The molecule has 28 heavy (non-hydrogen) atoms. The lowest BCUT2D eigenvalue weighted by Gasteiger charge is -2.35. The zero-order chi connectivity index (χ0) is 19.7. The van der Waals surface area contributed by atoms with E-state index in [0.29, 0.717) is 5.82 Å². The maximum Gasteiger partial charge on any atom is 0.252 e. The van der Waals surface area contributed by atoms with Gasteiger partial charge in [-0.25, -0.2) is 13.8 Å². The summed E-state index contributed by atoms with van der Waals surface area (Å²) in [4.78, 5) is 8.85. The molecule has 0 amide bonds. The number of fused-ring (bicyclic) bond motifs is 1. The molecule has 2 heterocycles. The molecule has 1 aliphatic heterocycles. The highest BCUT2D eigenvalue weighted by Gasteiger charge is 2.45. The standard InChI is InChI=1S/C20H24F2N6/c1-12(18-17(28-23)3-2-7-24-18)26-14-4-5-16-13(9-14)6-8-25-19(16)27-15-10-20(21,22)11-15/h2-9,12,15,17-18,26,28H,10-11,23H2,1H3,(H,25,27). The molecule has 0 saturated heterocycles. The van der Waals surface area contributed by atoms with Gasteiger partial charge >= 0.3 is 0 Å². The van der Waals surface area contributed by atoms with Crippen molar-refractivity contribution in [1.82, 2.24) is 10.4 Å². The van der Waals surface area contributed by atoms with E-state index in [1.807, 2.05) is 36.4 Å². The summed E-state index contributed by atoms with van der Waals surface area (Å²) in [6.07, 6.45) is 7.06. The third-order valence-electron chi connectivity index (χ3n) is 5.33. The molecule has 3 unspecified atom stereocenters. The second-order valence-electron chi connectivity index (χ2n) is 7.50. The number of aliphatic imine (C=N–C) groups is 1. The highest BCUT2D eigenvalue weighted by molar-refractivity contribution is 5.94. The third kappa shape index (κ3) is 3.83. The second kappa shape index (κ2) is 7.44. The van der Waals surface area contributed by atoms with Crippen molar-refractivity contribution in [2.45, 2.75) is 49.9 Å². The molecule has 2 aliphatic rings. The van der Waals surface area contributed by atoms with Crippen LogP contribution in [0, 0.1) is 0 Å². The van der Waals surface area contributed by atoms with Gasteiger partial charge in [-0.05, 0) is 42.7 Å².